The molecule has 5 nitrogen and oxygen atoms in total. The Kier molecular flexibility index (Phi) is 6.51. The smallest absolute Gasteiger partial charge is 0.279 e. The lowest BCUT2D eigenvalue weighted by atomic mass is 10.1. The summed E-state index contributed by atoms with van der Waals surface area (Å²) in [6.45, 7) is 5.32. The largest absolute Gasteiger partial charge is 0.481 e. The van der Waals surface area contributed by atoms with Gasteiger partial charge in [0.1, 0.15) is 5.75 Å². The van der Waals surface area contributed by atoms with Gasteiger partial charge in [-0.15, -0.1) is 0 Å². The van der Waals surface area contributed by atoms with Gasteiger partial charge in [-0.1, -0.05) is 35.8 Å². The molecule has 110 valence electrons. The molecule has 1 aromatic rings. The summed E-state index contributed by atoms with van der Waals surface area (Å²) >= 11 is 3.33. The normalized spacial score (nSPS) is 13.2. The number of carbonyl (C=O) groups is 2. The number of carbonyl (C=O) groups excluding carboxylic acids is 2. The Labute approximate surface area is 127 Å². The Hall–Kier alpha value is -1.56. The van der Waals surface area contributed by atoms with Crippen molar-refractivity contribution in [3.8, 4) is 5.75 Å². The minimum atomic E-state index is -0.707. The highest BCUT2D eigenvalue weighted by Crippen LogP contribution is 2.18. The van der Waals surface area contributed by atoms with Crippen LogP contribution >= 0.6 is 15.9 Å². The molecule has 0 radical (unpaired) electrons. The SMILES string of the molecule is CCC(C)C(=O)NNC(=O)C(C)Oc1cccc(Br)c1. The fraction of sp³-hybridized carbons (Fsp3) is 0.429. The van der Waals surface area contributed by atoms with Gasteiger partial charge in [-0.2, -0.15) is 0 Å². The number of rotatable bonds is 5. The Morgan fingerprint density at radius 3 is 2.50 bits per heavy atom. The predicted molar refractivity (Wildman–Crippen MR) is 80.0 cm³/mol. The first-order valence-corrected chi connectivity index (χ1v) is 7.25. The van der Waals surface area contributed by atoms with Crippen molar-refractivity contribution in [2.24, 2.45) is 5.92 Å². The third-order valence-corrected chi connectivity index (χ3v) is 3.34. The number of nitrogens with one attached hydrogen (secondary N) is 2. The van der Waals surface area contributed by atoms with Crippen LogP contribution in [0.3, 0.4) is 0 Å². The van der Waals surface area contributed by atoms with Crippen LogP contribution in [-0.2, 0) is 9.59 Å². The highest BCUT2D eigenvalue weighted by atomic mass is 79.9. The van der Waals surface area contributed by atoms with Gasteiger partial charge in [-0.25, -0.2) is 0 Å². The summed E-state index contributed by atoms with van der Waals surface area (Å²) < 4.78 is 6.35. The van der Waals surface area contributed by atoms with Crippen LogP contribution in [0.25, 0.3) is 0 Å². The van der Waals surface area contributed by atoms with E-state index < -0.39 is 12.0 Å². The minimum absolute atomic E-state index is 0.142. The molecule has 0 heterocycles. The molecule has 0 aliphatic carbocycles. The molecule has 0 aromatic heterocycles. The molecule has 2 amide bonds. The maximum Gasteiger partial charge on any atom is 0.279 e. The number of hydrogen-bond donors (Lipinski definition) is 2. The Balaban J connectivity index is 2.45. The third-order valence-electron chi connectivity index (χ3n) is 2.85. The summed E-state index contributed by atoms with van der Waals surface area (Å²) in [5, 5.41) is 0. The quantitative estimate of drug-likeness (QED) is 0.807. The van der Waals surface area contributed by atoms with Crippen molar-refractivity contribution < 1.29 is 14.3 Å². The molecule has 2 N–H and O–H groups in total. The van der Waals surface area contributed by atoms with Crippen LogP contribution in [0.4, 0.5) is 0 Å². The molecular weight excluding hydrogens is 324 g/mol. The van der Waals surface area contributed by atoms with Crippen molar-refractivity contribution in [2.75, 3.05) is 0 Å². The molecular formula is C14H19BrN2O3. The molecule has 20 heavy (non-hydrogen) atoms. The van der Waals surface area contributed by atoms with Gasteiger partial charge in [0.25, 0.3) is 5.91 Å². The number of ether oxygens (including phenoxy) is 1. The number of hydrogen-bond acceptors (Lipinski definition) is 3. The van der Waals surface area contributed by atoms with Gasteiger partial charge in [-0.3, -0.25) is 20.4 Å². The molecule has 6 heteroatoms. The lowest BCUT2D eigenvalue weighted by Crippen LogP contribution is -2.48. The molecule has 2 unspecified atom stereocenters. The zero-order valence-electron chi connectivity index (χ0n) is 11.8. The lowest BCUT2D eigenvalue weighted by molar-refractivity contribution is -0.134. The molecule has 0 aliphatic rings. The van der Waals surface area contributed by atoms with Crippen LogP contribution in [0.1, 0.15) is 27.2 Å². The van der Waals surface area contributed by atoms with Gasteiger partial charge in [0.05, 0.1) is 0 Å². The maximum atomic E-state index is 11.8. The van der Waals surface area contributed by atoms with Crippen molar-refractivity contribution in [1.82, 2.24) is 10.9 Å². The number of benzene rings is 1. The zero-order valence-corrected chi connectivity index (χ0v) is 13.4. The maximum absolute atomic E-state index is 11.8. The van der Waals surface area contributed by atoms with Crippen molar-refractivity contribution in [2.45, 2.75) is 33.3 Å². The van der Waals surface area contributed by atoms with E-state index in [0.29, 0.717) is 12.2 Å². The predicted octanol–water partition coefficient (Wildman–Crippen LogP) is 2.41. The average molecular weight is 343 g/mol. The first-order chi connectivity index (χ1) is 9.43. The number of amides is 2. The Morgan fingerprint density at radius 2 is 1.90 bits per heavy atom. The van der Waals surface area contributed by atoms with Crippen LogP contribution in [-0.4, -0.2) is 17.9 Å². The second kappa shape index (κ2) is 7.89. The van der Waals surface area contributed by atoms with Crippen LogP contribution in [0.2, 0.25) is 0 Å². The van der Waals surface area contributed by atoms with Gasteiger partial charge in [-0.05, 0) is 31.5 Å². The number of halogens is 1. The van der Waals surface area contributed by atoms with E-state index in [1.54, 1.807) is 26.0 Å². The van der Waals surface area contributed by atoms with E-state index in [2.05, 4.69) is 26.8 Å². The van der Waals surface area contributed by atoms with Gasteiger partial charge < -0.3 is 4.74 Å². The molecule has 0 saturated heterocycles. The fourth-order valence-electron chi connectivity index (χ4n) is 1.33. The highest BCUT2D eigenvalue weighted by Gasteiger charge is 2.17. The summed E-state index contributed by atoms with van der Waals surface area (Å²) in [4.78, 5) is 23.3. The monoisotopic (exact) mass is 342 g/mol. The van der Waals surface area contributed by atoms with Gasteiger partial charge in [0.15, 0.2) is 6.10 Å². The molecule has 2 atom stereocenters. The minimum Gasteiger partial charge on any atom is -0.481 e. The molecule has 1 rings (SSSR count). The average Bonchev–Trinajstić information content (AvgIpc) is 2.43. The van der Waals surface area contributed by atoms with Crippen LogP contribution in [0.15, 0.2) is 28.7 Å². The summed E-state index contributed by atoms with van der Waals surface area (Å²) in [6, 6.07) is 7.20. The second-order valence-electron chi connectivity index (χ2n) is 4.51. The first kappa shape index (κ1) is 16.5. The van der Waals surface area contributed by atoms with Crippen LogP contribution in [0, 0.1) is 5.92 Å². The zero-order chi connectivity index (χ0) is 15.1. The fourth-order valence-corrected chi connectivity index (χ4v) is 1.71. The van der Waals surface area contributed by atoms with Gasteiger partial charge in [0, 0.05) is 10.4 Å². The molecule has 1 aromatic carbocycles. The van der Waals surface area contributed by atoms with Gasteiger partial charge >= 0.3 is 0 Å². The van der Waals surface area contributed by atoms with E-state index >= 15 is 0 Å². The summed E-state index contributed by atoms with van der Waals surface area (Å²) in [7, 11) is 0. The van der Waals surface area contributed by atoms with Crippen molar-refractivity contribution >= 4 is 27.7 Å². The summed E-state index contributed by atoms with van der Waals surface area (Å²) in [6.07, 6.45) is 0.00717. The van der Waals surface area contributed by atoms with Crippen molar-refractivity contribution in [3.05, 3.63) is 28.7 Å². The summed E-state index contributed by atoms with van der Waals surface area (Å²) in [5.74, 6) is -0.177. The molecule has 0 aliphatic heterocycles. The van der Waals surface area contributed by atoms with Gasteiger partial charge in [0.2, 0.25) is 5.91 Å². The van der Waals surface area contributed by atoms with E-state index in [1.807, 2.05) is 19.1 Å². The Morgan fingerprint density at radius 1 is 1.25 bits per heavy atom. The van der Waals surface area contributed by atoms with E-state index in [9.17, 15) is 9.59 Å². The number of hydrazine groups is 1. The highest BCUT2D eigenvalue weighted by molar-refractivity contribution is 9.10. The molecule has 0 saturated carbocycles. The van der Waals surface area contributed by atoms with E-state index in [1.165, 1.54) is 0 Å². The van der Waals surface area contributed by atoms with Crippen molar-refractivity contribution in [3.63, 3.8) is 0 Å². The second-order valence-corrected chi connectivity index (χ2v) is 5.42. The van der Waals surface area contributed by atoms with E-state index in [4.69, 9.17) is 4.74 Å². The standard InChI is InChI=1S/C14H19BrN2O3/c1-4-9(2)13(18)16-17-14(19)10(3)20-12-7-5-6-11(15)8-12/h5-10H,4H2,1-3H3,(H,16,18)(H,17,19). The van der Waals surface area contributed by atoms with Crippen LogP contribution < -0.4 is 15.6 Å². The lowest BCUT2D eigenvalue weighted by Gasteiger charge is -2.16. The van der Waals surface area contributed by atoms with E-state index in [-0.39, 0.29) is 11.8 Å². The molecule has 0 bridgehead atoms. The summed E-state index contributed by atoms with van der Waals surface area (Å²) in [5.41, 5.74) is 4.74. The Bertz CT molecular complexity index is 479. The van der Waals surface area contributed by atoms with Crippen LogP contribution in [0.5, 0.6) is 5.75 Å². The van der Waals surface area contributed by atoms with Crippen molar-refractivity contribution in [1.29, 1.82) is 0 Å². The topological polar surface area (TPSA) is 67.4 Å². The van der Waals surface area contributed by atoms with E-state index in [0.717, 1.165) is 4.47 Å². The molecule has 0 fully saturated rings. The third kappa shape index (κ3) is 5.21. The first-order valence-electron chi connectivity index (χ1n) is 6.46. The molecule has 0 spiro atoms.